The third-order valence-electron chi connectivity index (χ3n) is 4.03. The quantitative estimate of drug-likeness (QED) is 0.473. The number of thiophene rings is 1. The first-order chi connectivity index (χ1) is 13.2. The fourth-order valence-electron chi connectivity index (χ4n) is 2.66. The number of nitrogens with one attached hydrogen (secondary N) is 1. The van der Waals surface area contributed by atoms with E-state index in [0.717, 1.165) is 10.7 Å². The number of methoxy groups -OCH3 is 1. The summed E-state index contributed by atoms with van der Waals surface area (Å²) in [6.07, 6.45) is 3.26. The molecule has 0 aliphatic heterocycles. The number of furan rings is 1. The van der Waals surface area contributed by atoms with Gasteiger partial charge in [-0.1, -0.05) is 11.8 Å². The Hall–Kier alpha value is -2.43. The van der Waals surface area contributed by atoms with Gasteiger partial charge in [0, 0.05) is 24.6 Å². The number of hydrogen-bond donors (Lipinski definition) is 1. The summed E-state index contributed by atoms with van der Waals surface area (Å²) in [6.45, 7) is 3.22. The predicted molar refractivity (Wildman–Crippen MR) is 104 cm³/mol. The van der Waals surface area contributed by atoms with E-state index < -0.39 is 0 Å². The molecule has 0 amide bonds. The van der Waals surface area contributed by atoms with Crippen LogP contribution in [0.2, 0.25) is 0 Å². The maximum atomic E-state index is 12.7. The molecule has 0 aromatic carbocycles. The molecule has 0 saturated heterocycles. The van der Waals surface area contributed by atoms with E-state index in [9.17, 15) is 4.79 Å². The van der Waals surface area contributed by atoms with Gasteiger partial charge < -0.3 is 18.7 Å². The molecule has 0 aliphatic carbocycles. The van der Waals surface area contributed by atoms with Crippen LogP contribution in [0.25, 0.3) is 21.5 Å². The largest absolute Gasteiger partial charge is 0.464 e. The molecule has 0 radical (unpaired) electrons. The molecular weight excluding hydrogens is 386 g/mol. The van der Waals surface area contributed by atoms with Crippen molar-refractivity contribution in [2.75, 3.05) is 13.7 Å². The number of fused-ring (bicyclic) bond motifs is 1. The van der Waals surface area contributed by atoms with Gasteiger partial charge in [-0.15, -0.1) is 21.5 Å². The summed E-state index contributed by atoms with van der Waals surface area (Å²) in [4.78, 5) is 21.0. The van der Waals surface area contributed by atoms with Crippen LogP contribution in [0.3, 0.4) is 0 Å². The Morgan fingerprint density at radius 2 is 2.37 bits per heavy atom. The van der Waals surface area contributed by atoms with Crippen molar-refractivity contribution in [1.82, 2.24) is 24.7 Å². The van der Waals surface area contributed by atoms with Crippen molar-refractivity contribution < 1.29 is 9.15 Å². The number of ether oxygens (including phenoxy) is 1. The maximum absolute atomic E-state index is 12.7. The second-order valence-electron chi connectivity index (χ2n) is 5.82. The zero-order valence-corrected chi connectivity index (χ0v) is 16.3. The Kier molecular flexibility index (Phi) is 5.10. The Balaban J connectivity index is 1.63. The number of H-pyrrole nitrogens is 1. The minimum Gasteiger partial charge on any atom is -0.464 e. The van der Waals surface area contributed by atoms with Gasteiger partial charge in [-0.05, 0) is 19.1 Å². The summed E-state index contributed by atoms with van der Waals surface area (Å²) in [5.41, 5.74) is 0.593. The minimum absolute atomic E-state index is 0.0956. The Labute approximate surface area is 162 Å². The van der Waals surface area contributed by atoms with Gasteiger partial charge in [-0.25, -0.2) is 4.98 Å². The summed E-state index contributed by atoms with van der Waals surface area (Å²) in [6, 6.07) is 3.63. The number of hydrogen-bond acceptors (Lipinski definition) is 8. The van der Waals surface area contributed by atoms with Gasteiger partial charge in [0.2, 0.25) is 0 Å². The van der Waals surface area contributed by atoms with Crippen molar-refractivity contribution in [2.24, 2.45) is 0 Å². The van der Waals surface area contributed by atoms with Gasteiger partial charge in [0.1, 0.15) is 22.7 Å². The van der Waals surface area contributed by atoms with Crippen LogP contribution >= 0.6 is 23.1 Å². The number of nitrogens with zero attached hydrogens (tertiary/aromatic N) is 4. The molecule has 4 aromatic heterocycles. The molecule has 4 aromatic rings. The van der Waals surface area contributed by atoms with Gasteiger partial charge in [-0.2, -0.15) is 0 Å². The van der Waals surface area contributed by atoms with Gasteiger partial charge in [0.15, 0.2) is 5.16 Å². The highest BCUT2D eigenvalue weighted by Crippen LogP contribution is 2.34. The summed E-state index contributed by atoms with van der Waals surface area (Å²) < 4.78 is 12.5. The lowest BCUT2D eigenvalue weighted by Gasteiger charge is -2.11. The monoisotopic (exact) mass is 403 g/mol. The van der Waals surface area contributed by atoms with Crippen LogP contribution < -0.4 is 5.56 Å². The smallest absolute Gasteiger partial charge is 0.260 e. The van der Waals surface area contributed by atoms with Crippen LogP contribution in [0.4, 0.5) is 0 Å². The third-order valence-corrected chi connectivity index (χ3v) is 6.01. The average molecular weight is 403 g/mol. The second-order valence-corrected chi connectivity index (χ2v) is 7.98. The van der Waals surface area contributed by atoms with Gasteiger partial charge in [0.05, 0.1) is 23.5 Å². The van der Waals surface area contributed by atoms with Crippen LogP contribution in [-0.2, 0) is 11.3 Å². The lowest BCUT2D eigenvalue weighted by Crippen LogP contribution is -2.13. The molecule has 4 rings (SSSR count). The van der Waals surface area contributed by atoms with Crippen molar-refractivity contribution in [3.05, 3.63) is 46.3 Å². The SMILES string of the molecule is COCCn1cnnc1SC(C)c1nc2scc(-c3ccco3)c2c(=O)[nH]1. The highest BCUT2D eigenvalue weighted by molar-refractivity contribution is 7.99. The molecule has 1 unspecified atom stereocenters. The van der Waals surface area contributed by atoms with Gasteiger partial charge in [0.25, 0.3) is 5.56 Å². The first-order valence-corrected chi connectivity index (χ1v) is 10.0. The average Bonchev–Trinajstić information content (AvgIpc) is 3.40. The van der Waals surface area contributed by atoms with Crippen LogP contribution in [0, 0.1) is 0 Å². The number of rotatable bonds is 7. The fourth-order valence-corrected chi connectivity index (χ4v) is 4.51. The molecule has 140 valence electrons. The molecule has 8 nitrogen and oxygen atoms in total. The van der Waals surface area contributed by atoms with Gasteiger partial charge >= 0.3 is 0 Å². The molecule has 10 heteroatoms. The first kappa shape index (κ1) is 18.0. The summed E-state index contributed by atoms with van der Waals surface area (Å²) in [5.74, 6) is 1.27. The molecule has 1 N–H and O–H groups in total. The van der Waals surface area contributed by atoms with E-state index in [1.165, 1.54) is 23.1 Å². The lowest BCUT2D eigenvalue weighted by atomic mass is 10.2. The van der Waals surface area contributed by atoms with Crippen LogP contribution in [0.1, 0.15) is 18.0 Å². The number of thioether (sulfide) groups is 1. The highest BCUT2D eigenvalue weighted by atomic mass is 32.2. The molecule has 4 heterocycles. The van der Waals surface area contributed by atoms with E-state index in [1.54, 1.807) is 25.8 Å². The summed E-state index contributed by atoms with van der Waals surface area (Å²) in [5, 5.41) is 11.2. The maximum Gasteiger partial charge on any atom is 0.260 e. The molecule has 0 spiro atoms. The number of aromatic amines is 1. The highest BCUT2D eigenvalue weighted by Gasteiger charge is 2.19. The van der Waals surface area contributed by atoms with Crippen molar-refractivity contribution in [3.8, 4) is 11.3 Å². The van der Waals surface area contributed by atoms with E-state index >= 15 is 0 Å². The predicted octanol–water partition coefficient (Wildman–Crippen LogP) is 3.34. The van der Waals surface area contributed by atoms with E-state index in [2.05, 4.69) is 20.2 Å². The van der Waals surface area contributed by atoms with E-state index in [0.29, 0.717) is 35.0 Å². The zero-order chi connectivity index (χ0) is 18.8. The van der Waals surface area contributed by atoms with Crippen molar-refractivity contribution >= 4 is 33.3 Å². The van der Waals surface area contributed by atoms with Crippen molar-refractivity contribution in [2.45, 2.75) is 23.9 Å². The summed E-state index contributed by atoms with van der Waals surface area (Å²) in [7, 11) is 1.65. The first-order valence-electron chi connectivity index (χ1n) is 8.26. The van der Waals surface area contributed by atoms with E-state index in [-0.39, 0.29) is 10.8 Å². The van der Waals surface area contributed by atoms with Crippen LogP contribution in [0.15, 0.2) is 44.5 Å². The third kappa shape index (κ3) is 3.55. The summed E-state index contributed by atoms with van der Waals surface area (Å²) >= 11 is 2.92. The minimum atomic E-state index is -0.170. The van der Waals surface area contributed by atoms with Crippen LogP contribution in [-0.4, -0.2) is 38.4 Å². The van der Waals surface area contributed by atoms with Crippen molar-refractivity contribution in [1.29, 1.82) is 0 Å². The molecule has 27 heavy (non-hydrogen) atoms. The fraction of sp³-hybridized carbons (Fsp3) is 0.294. The lowest BCUT2D eigenvalue weighted by molar-refractivity contribution is 0.184. The Bertz CT molecular complexity index is 1100. The molecule has 1 atom stereocenters. The molecular formula is C17H17N5O3S2. The molecule has 0 saturated carbocycles. The zero-order valence-electron chi connectivity index (χ0n) is 14.7. The van der Waals surface area contributed by atoms with Crippen molar-refractivity contribution in [3.63, 3.8) is 0 Å². The Morgan fingerprint density at radius 1 is 1.48 bits per heavy atom. The van der Waals surface area contributed by atoms with E-state index in [1.807, 2.05) is 22.9 Å². The molecule has 0 aliphatic rings. The Morgan fingerprint density at radius 3 is 3.15 bits per heavy atom. The second kappa shape index (κ2) is 7.67. The van der Waals surface area contributed by atoms with Crippen LogP contribution in [0.5, 0.6) is 0 Å². The normalized spacial score (nSPS) is 12.7. The molecule has 0 bridgehead atoms. The molecule has 0 fully saturated rings. The standard InChI is InChI=1S/C17H17N5O3S2/c1-10(27-17-21-18-9-22(17)5-7-24-2)14-19-15(23)13-11(8-26-16(13)20-14)12-4-3-6-25-12/h3-4,6,8-10H,5,7H2,1-2H3,(H,19,20,23). The number of aromatic nitrogens is 5. The van der Waals surface area contributed by atoms with Gasteiger partial charge in [-0.3, -0.25) is 4.79 Å². The van der Waals surface area contributed by atoms with E-state index in [4.69, 9.17) is 9.15 Å². The topological polar surface area (TPSA) is 98.8 Å².